The molecule has 6 aromatic heterocycles. The number of aromatic amines is 1. The molecule has 2 aliphatic heterocycles. The number of halogens is 3. The Balaban J connectivity index is 0.000000179. The molecule has 0 aliphatic carbocycles. The lowest BCUT2D eigenvalue weighted by atomic mass is 10.1. The standard InChI is InChI=1S/C20H16N6O5S3.C19H14N6O6S3.BBr3/c1-9-21-7-11(8-22-9)10-3-4-12-13(5-10)32-19(23-12)16(34(2,29)30)18-26-25-15(31-18)6-14-17(27)24-20(28)33-14;1-34(29,30)14(16-25-24-13(31-16)5-12-15(26)23-19(28)33-12)17-22-10-3-2-8(4-11(10)32-17)9-6-20-18(27)21-7-9;2-1(3)4/h3-5,7-8,14,16H,6H2,1-2H3,(H,24,27,28);2-4,6-7,12,14H,5H2,1H3,(H,20,21,27)(H,23,26,28);. The van der Waals surface area contributed by atoms with E-state index in [4.69, 9.17) is 8.83 Å². The number of nitrogens with one attached hydrogen (secondary N) is 3. The van der Waals surface area contributed by atoms with Crippen LogP contribution in [-0.2, 0) is 42.1 Å². The second-order valence-corrected chi connectivity index (χ2v) is 30.4. The number of nitrogens with zero attached hydrogens (tertiary/aromatic N) is 9. The Kier molecular flexibility index (Phi) is 16.3. The quantitative estimate of drug-likeness (QED) is 0.117. The maximum absolute atomic E-state index is 12.7. The molecule has 2 aromatic carbocycles. The van der Waals surface area contributed by atoms with Crippen molar-refractivity contribution in [3.8, 4) is 22.3 Å². The summed E-state index contributed by atoms with van der Waals surface area (Å²) in [6, 6.07) is 10.9. The Morgan fingerprint density at radius 3 is 1.46 bits per heavy atom. The summed E-state index contributed by atoms with van der Waals surface area (Å²) in [6.07, 6.45) is 8.54. The molecule has 23 nitrogen and oxygen atoms in total. The highest BCUT2D eigenvalue weighted by molar-refractivity contribution is 9.69. The molecule has 0 spiro atoms. The lowest BCUT2D eigenvalue weighted by Crippen LogP contribution is -2.25. The minimum absolute atomic E-state index is 0.00749. The van der Waals surface area contributed by atoms with E-state index in [1.54, 1.807) is 37.5 Å². The molecular weight excluding hydrogens is 1260 g/mol. The predicted molar refractivity (Wildman–Crippen MR) is 281 cm³/mol. The van der Waals surface area contributed by atoms with Gasteiger partial charge in [0.15, 0.2) is 30.2 Å². The predicted octanol–water partition coefficient (Wildman–Crippen LogP) is 6.09. The molecule has 0 radical (unpaired) electrons. The van der Waals surface area contributed by atoms with Crippen LogP contribution in [0, 0.1) is 6.92 Å². The minimum atomic E-state index is -3.76. The number of thioether (sulfide) groups is 2. The van der Waals surface area contributed by atoms with Gasteiger partial charge in [0, 0.05) is 61.3 Å². The van der Waals surface area contributed by atoms with E-state index in [9.17, 15) is 40.8 Å². The van der Waals surface area contributed by atoms with Crippen molar-refractivity contribution in [1.82, 2.24) is 60.9 Å². The van der Waals surface area contributed by atoms with E-state index in [0.717, 1.165) is 68.8 Å². The van der Waals surface area contributed by atoms with Crippen molar-refractivity contribution in [2.24, 2.45) is 0 Å². The molecule has 372 valence electrons. The molecule has 8 heterocycles. The molecule has 4 atom stereocenters. The number of fused-ring (bicyclic) bond motifs is 2. The summed E-state index contributed by atoms with van der Waals surface area (Å²) in [5.41, 5.74) is 3.90. The lowest BCUT2D eigenvalue weighted by Gasteiger charge is -2.07. The number of aryl methyl sites for hydroxylation is 1. The van der Waals surface area contributed by atoms with Crippen molar-refractivity contribution in [3.05, 3.63) is 111 Å². The number of aromatic nitrogens is 10. The number of imide groups is 2. The minimum Gasteiger partial charge on any atom is -0.423 e. The zero-order valence-corrected chi connectivity index (χ0v) is 46.3. The zero-order chi connectivity index (χ0) is 51.6. The second kappa shape index (κ2) is 22.1. The number of thiazole rings is 2. The monoisotopic (exact) mass is 1280 g/mol. The van der Waals surface area contributed by atoms with Crippen LogP contribution >= 0.6 is 93.5 Å². The van der Waals surface area contributed by atoms with E-state index < -0.39 is 68.7 Å². The number of H-pyrrole nitrogens is 1. The van der Waals surface area contributed by atoms with Crippen LogP contribution in [-0.4, -0.2) is 116 Å². The Morgan fingerprint density at radius 1 is 0.639 bits per heavy atom. The van der Waals surface area contributed by atoms with Crippen LogP contribution < -0.4 is 16.3 Å². The van der Waals surface area contributed by atoms with Gasteiger partial charge < -0.3 is 13.8 Å². The fourth-order valence-electron chi connectivity index (χ4n) is 6.74. The highest BCUT2D eigenvalue weighted by Crippen LogP contribution is 2.38. The molecule has 10 rings (SSSR count). The molecule has 2 saturated heterocycles. The van der Waals surface area contributed by atoms with E-state index in [1.165, 1.54) is 23.7 Å². The first-order valence-electron chi connectivity index (χ1n) is 20.2. The molecule has 2 aliphatic rings. The van der Waals surface area contributed by atoms with Gasteiger partial charge >= 0.3 is 8.87 Å². The van der Waals surface area contributed by atoms with Crippen LogP contribution in [0.15, 0.2) is 74.8 Å². The van der Waals surface area contributed by atoms with Gasteiger partial charge in [0.1, 0.15) is 26.3 Å². The van der Waals surface area contributed by atoms with Crippen LogP contribution in [0.3, 0.4) is 0 Å². The van der Waals surface area contributed by atoms with Crippen molar-refractivity contribution in [2.75, 3.05) is 12.5 Å². The van der Waals surface area contributed by atoms with Gasteiger partial charge in [0.25, 0.3) is 10.5 Å². The Labute approximate surface area is 447 Å². The van der Waals surface area contributed by atoms with Gasteiger partial charge in [0.05, 0.1) is 20.4 Å². The molecule has 8 aromatic rings. The lowest BCUT2D eigenvalue weighted by molar-refractivity contribution is -0.119. The molecule has 0 bridgehead atoms. The van der Waals surface area contributed by atoms with Crippen molar-refractivity contribution >= 4 is 159 Å². The van der Waals surface area contributed by atoms with E-state index in [-0.39, 0.29) is 49.6 Å². The van der Waals surface area contributed by atoms with Crippen LogP contribution in [0.4, 0.5) is 9.59 Å². The average molecular weight is 1290 g/mol. The molecule has 4 amide bonds. The third kappa shape index (κ3) is 13.0. The van der Waals surface area contributed by atoms with Gasteiger partial charge in [-0.25, -0.2) is 46.6 Å². The fourth-order valence-corrected chi connectivity index (χ4v) is 13.4. The number of benzene rings is 2. The Morgan fingerprint density at radius 2 is 1.07 bits per heavy atom. The first kappa shape index (κ1) is 53.1. The van der Waals surface area contributed by atoms with Crippen molar-refractivity contribution in [1.29, 1.82) is 0 Å². The summed E-state index contributed by atoms with van der Waals surface area (Å²) >= 11 is 13.3. The first-order chi connectivity index (χ1) is 34.1. The van der Waals surface area contributed by atoms with Crippen LogP contribution in [0.1, 0.15) is 49.9 Å². The Hall–Kier alpha value is -5.16. The van der Waals surface area contributed by atoms with Gasteiger partial charge in [-0.2, -0.15) is 0 Å². The molecule has 4 unspecified atom stereocenters. The van der Waals surface area contributed by atoms with E-state index >= 15 is 0 Å². The molecule has 2 fully saturated rings. The molecular formula is C39H30BBr3N12O11S6. The third-order valence-electron chi connectivity index (χ3n) is 9.90. The number of amides is 4. The van der Waals surface area contributed by atoms with E-state index in [2.05, 4.69) is 108 Å². The van der Waals surface area contributed by atoms with Crippen LogP contribution in [0.25, 0.3) is 42.7 Å². The molecule has 3 N–H and O–H groups in total. The van der Waals surface area contributed by atoms with Crippen LogP contribution in [0.2, 0.25) is 0 Å². The van der Waals surface area contributed by atoms with E-state index in [1.807, 2.05) is 18.2 Å². The molecule has 0 saturated carbocycles. The van der Waals surface area contributed by atoms with Gasteiger partial charge in [-0.05, 0) is 42.3 Å². The normalized spacial score (nSPS) is 16.7. The zero-order valence-electron chi connectivity index (χ0n) is 36.7. The SMILES string of the molecule is BrB(Br)Br.CS(=O)(=O)C(c1nnc(CC2SC(=O)NC2=O)o1)c1nc2ccc(-c3cnc(=O)[nH]c3)cc2s1.Cc1ncc(-c2ccc3nc(C(c4nnc(CC5SC(=O)NC5=O)o4)S(C)(=O)=O)sc3c2)cn1. The largest absolute Gasteiger partial charge is 0.423 e. The van der Waals surface area contributed by atoms with Crippen LogP contribution in [0.5, 0.6) is 0 Å². The van der Waals surface area contributed by atoms with Crippen molar-refractivity contribution < 1.29 is 44.8 Å². The topological polar surface area (TPSA) is 336 Å². The highest BCUT2D eigenvalue weighted by Gasteiger charge is 2.38. The summed E-state index contributed by atoms with van der Waals surface area (Å²) < 4.78 is 63.7. The number of carbonyl (C=O) groups is 4. The van der Waals surface area contributed by atoms with Crippen molar-refractivity contribution in [3.63, 3.8) is 0 Å². The number of hydrogen-bond acceptors (Lipinski definition) is 24. The number of sulfone groups is 2. The van der Waals surface area contributed by atoms with Gasteiger partial charge in [-0.15, -0.1) is 90.3 Å². The average Bonchev–Trinajstić information content (AvgIpc) is 4.17. The highest BCUT2D eigenvalue weighted by atomic mass is 79.9. The summed E-state index contributed by atoms with van der Waals surface area (Å²) in [7, 11) is -7.48. The number of rotatable bonds is 12. The van der Waals surface area contributed by atoms with Crippen molar-refractivity contribution in [2.45, 2.75) is 40.8 Å². The first-order valence-corrected chi connectivity index (χ1v) is 30.3. The molecule has 33 heteroatoms. The van der Waals surface area contributed by atoms with Gasteiger partial charge in [-0.3, -0.25) is 29.8 Å². The summed E-state index contributed by atoms with van der Waals surface area (Å²) in [4.78, 5) is 81.2. The van der Waals surface area contributed by atoms with Gasteiger partial charge in [0.2, 0.25) is 35.4 Å². The summed E-state index contributed by atoms with van der Waals surface area (Å²) in [5.74, 6) is -0.452. The smallest absolute Gasteiger partial charge is 0.369 e. The molecule has 72 heavy (non-hydrogen) atoms. The number of hydrogen-bond donors (Lipinski definition) is 3. The maximum atomic E-state index is 12.7. The summed E-state index contributed by atoms with van der Waals surface area (Å²) in [5, 5.41) is 15.6. The van der Waals surface area contributed by atoms with E-state index in [0.29, 0.717) is 27.1 Å². The fraction of sp³-hybridized carbons (Fsp3) is 0.231. The second-order valence-electron chi connectivity index (χ2n) is 15.2. The Bertz CT molecular complexity index is 3670. The summed E-state index contributed by atoms with van der Waals surface area (Å²) in [6.45, 7) is 1.80. The maximum Gasteiger partial charge on any atom is 0.369 e. The number of carbonyl (C=O) groups excluding carboxylic acids is 4. The third-order valence-corrected chi connectivity index (χ3v) is 16.9. The van der Waals surface area contributed by atoms with Gasteiger partial charge in [-0.1, -0.05) is 35.7 Å².